The van der Waals surface area contributed by atoms with Crippen molar-refractivity contribution >= 4 is 41.0 Å². The number of guanidine groups is 1. The van der Waals surface area contributed by atoms with E-state index in [1.54, 1.807) is 0 Å². The van der Waals surface area contributed by atoms with Gasteiger partial charge in [-0.05, 0) is 31.4 Å². The summed E-state index contributed by atoms with van der Waals surface area (Å²) in [4.78, 5) is 14.1. The highest BCUT2D eigenvalue weighted by Crippen LogP contribution is 2.16. The van der Waals surface area contributed by atoms with Crippen LogP contribution in [0.3, 0.4) is 0 Å². The third-order valence-corrected chi connectivity index (χ3v) is 5.89. The van der Waals surface area contributed by atoms with Gasteiger partial charge < -0.3 is 19.5 Å². The van der Waals surface area contributed by atoms with Gasteiger partial charge in [0.15, 0.2) is 5.96 Å². The molecule has 0 amide bonds. The van der Waals surface area contributed by atoms with Gasteiger partial charge >= 0.3 is 0 Å². The van der Waals surface area contributed by atoms with Gasteiger partial charge in [-0.15, -0.1) is 24.0 Å². The minimum absolute atomic E-state index is 0. The third kappa shape index (κ3) is 5.40. The number of aryl methyl sites for hydroxylation is 1. The number of para-hydroxylation sites is 2. The van der Waals surface area contributed by atoms with Crippen LogP contribution in [0.2, 0.25) is 0 Å². The molecule has 0 radical (unpaired) electrons. The van der Waals surface area contributed by atoms with Crippen molar-refractivity contribution in [3.63, 3.8) is 0 Å². The Bertz CT molecular complexity index is 809. The Labute approximate surface area is 190 Å². The van der Waals surface area contributed by atoms with Crippen LogP contribution < -0.4 is 5.32 Å². The first-order chi connectivity index (χ1) is 13.7. The van der Waals surface area contributed by atoms with Crippen LogP contribution in [0.5, 0.6) is 0 Å². The Kier molecular flexibility index (Phi) is 8.14. The third-order valence-electron chi connectivity index (χ3n) is 5.89. The maximum atomic E-state index is 5.51. The molecule has 2 saturated heterocycles. The van der Waals surface area contributed by atoms with Crippen LogP contribution in [0.4, 0.5) is 0 Å². The lowest BCUT2D eigenvalue weighted by Crippen LogP contribution is -2.53. The van der Waals surface area contributed by atoms with Gasteiger partial charge in [-0.1, -0.05) is 12.1 Å². The van der Waals surface area contributed by atoms with E-state index in [1.807, 2.05) is 13.1 Å². The number of hydrogen-bond acceptors (Lipinski definition) is 4. The molecular weight excluding hydrogens is 479 g/mol. The van der Waals surface area contributed by atoms with Crippen LogP contribution in [0.25, 0.3) is 11.0 Å². The van der Waals surface area contributed by atoms with Crippen LogP contribution in [0, 0.1) is 12.8 Å². The number of imidazole rings is 1. The van der Waals surface area contributed by atoms with Crippen molar-refractivity contribution in [2.75, 3.05) is 59.5 Å². The molecule has 3 heterocycles. The first-order valence-corrected chi connectivity index (χ1v) is 10.4. The molecule has 2 aliphatic heterocycles. The molecule has 1 N–H and O–H groups in total. The number of rotatable bonds is 5. The fraction of sp³-hybridized carbons (Fsp3) is 0.619. The van der Waals surface area contributed by atoms with Crippen LogP contribution in [0.1, 0.15) is 12.2 Å². The van der Waals surface area contributed by atoms with E-state index in [1.165, 1.54) is 18.5 Å². The number of hydrogen-bond donors (Lipinski definition) is 1. The van der Waals surface area contributed by atoms with Gasteiger partial charge in [-0.2, -0.15) is 0 Å². The zero-order valence-corrected chi connectivity index (χ0v) is 19.8. The standard InChI is InChI=1S/C21H32N6O.HI/c1-17-24-19-5-3-4-6-20(19)27(17)9-8-23-21(22-2)26-12-10-25(11-13-26)15-18-7-14-28-16-18;/h3-6,18H,7-16H2,1-2H3,(H,22,23);1H. The highest BCUT2D eigenvalue weighted by molar-refractivity contribution is 14.0. The normalized spacial score (nSPS) is 20.8. The molecular formula is C21H33IN6O. The average molecular weight is 512 g/mol. The maximum absolute atomic E-state index is 5.51. The monoisotopic (exact) mass is 512 g/mol. The van der Waals surface area contributed by atoms with E-state index < -0.39 is 0 Å². The Morgan fingerprint density at radius 3 is 2.76 bits per heavy atom. The van der Waals surface area contributed by atoms with Crippen molar-refractivity contribution in [3.05, 3.63) is 30.1 Å². The summed E-state index contributed by atoms with van der Waals surface area (Å²) in [6, 6.07) is 8.32. The molecule has 1 atom stereocenters. The number of piperazine rings is 1. The second kappa shape index (κ2) is 10.6. The number of nitrogens with zero attached hydrogens (tertiary/aromatic N) is 5. The van der Waals surface area contributed by atoms with Crippen molar-refractivity contribution in [2.45, 2.75) is 19.9 Å². The Morgan fingerprint density at radius 1 is 1.24 bits per heavy atom. The summed E-state index contributed by atoms with van der Waals surface area (Å²) in [6.07, 6.45) is 1.21. The molecule has 8 heteroatoms. The topological polar surface area (TPSA) is 57.9 Å². The summed E-state index contributed by atoms with van der Waals surface area (Å²) in [5.41, 5.74) is 2.26. The SMILES string of the molecule is CN=C(NCCn1c(C)nc2ccccc21)N1CCN(CC2CCOC2)CC1.I. The van der Waals surface area contributed by atoms with Gasteiger partial charge in [-0.3, -0.25) is 9.89 Å². The molecule has 7 nitrogen and oxygen atoms in total. The van der Waals surface area contributed by atoms with Crippen LogP contribution >= 0.6 is 24.0 Å². The minimum atomic E-state index is 0. The molecule has 0 bridgehead atoms. The summed E-state index contributed by atoms with van der Waals surface area (Å²) < 4.78 is 7.79. The summed E-state index contributed by atoms with van der Waals surface area (Å²) in [5, 5.41) is 3.55. The highest BCUT2D eigenvalue weighted by atomic mass is 127. The molecule has 0 saturated carbocycles. The Hall–Kier alpha value is -1.39. The Morgan fingerprint density at radius 2 is 2.03 bits per heavy atom. The van der Waals surface area contributed by atoms with Gasteiger partial charge in [0.2, 0.25) is 0 Å². The lowest BCUT2D eigenvalue weighted by atomic mass is 10.1. The van der Waals surface area contributed by atoms with E-state index in [9.17, 15) is 0 Å². The number of benzene rings is 1. The van der Waals surface area contributed by atoms with E-state index >= 15 is 0 Å². The second-order valence-electron chi connectivity index (χ2n) is 7.79. The zero-order chi connectivity index (χ0) is 19.3. The number of halogens is 1. The van der Waals surface area contributed by atoms with E-state index in [-0.39, 0.29) is 24.0 Å². The molecule has 0 aliphatic carbocycles. The van der Waals surface area contributed by atoms with Crippen molar-refractivity contribution in [1.82, 2.24) is 24.7 Å². The number of aliphatic imine (C=N–C) groups is 1. The smallest absolute Gasteiger partial charge is 0.193 e. The second-order valence-corrected chi connectivity index (χ2v) is 7.79. The molecule has 1 aromatic heterocycles. The predicted octanol–water partition coefficient (Wildman–Crippen LogP) is 2.19. The minimum Gasteiger partial charge on any atom is -0.381 e. The highest BCUT2D eigenvalue weighted by Gasteiger charge is 2.24. The fourth-order valence-electron chi connectivity index (χ4n) is 4.32. The summed E-state index contributed by atoms with van der Waals surface area (Å²) in [5.74, 6) is 2.78. The van der Waals surface area contributed by atoms with Gasteiger partial charge in [0.05, 0.1) is 17.6 Å². The molecule has 1 unspecified atom stereocenters. The maximum Gasteiger partial charge on any atom is 0.193 e. The fourth-order valence-corrected chi connectivity index (χ4v) is 4.32. The molecule has 29 heavy (non-hydrogen) atoms. The summed E-state index contributed by atoms with van der Waals surface area (Å²) in [7, 11) is 1.88. The average Bonchev–Trinajstić information content (AvgIpc) is 3.33. The Balaban J connectivity index is 0.00000240. The molecule has 0 spiro atoms. The molecule has 4 rings (SSSR count). The van der Waals surface area contributed by atoms with Crippen molar-refractivity contribution in [1.29, 1.82) is 0 Å². The number of fused-ring (bicyclic) bond motifs is 1. The molecule has 2 aromatic rings. The van der Waals surface area contributed by atoms with Crippen LogP contribution in [-0.2, 0) is 11.3 Å². The number of ether oxygens (including phenoxy) is 1. The lowest BCUT2D eigenvalue weighted by molar-refractivity contribution is 0.139. The van der Waals surface area contributed by atoms with Crippen molar-refractivity contribution in [3.8, 4) is 0 Å². The summed E-state index contributed by atoms with van der Waals surface area (Å²) >= 11 is 0. The molecule has 2 aliphatic rings. The van der Waals surface area contributed by atoms with Crippen LogP contribution in [0.15, 0.2) is 29.3 Å². The quantitative estimate of drug-likeness (QED) is 0.378. The van der Waals surface area contributed by atoms with Gasteiger partial charge in [0.1, 0.15) is 5.82 Å². The van der Waals surface area contributed by atoms with Crippen molar-refractivity contribution in [2.24, 2.45) is 10.9 Å². The predicted molar refractivity (Wildman–Crippen MR) is 128 cm³/mol. The zero-order valence-electron chi connectivity index (χ0n) is 17.5. The largest absolute Gasteiger partial charge is 0.381 e. The van der Waals surface area contributed by atoms with E-state index in [0.717, 1.165) is 75.7 Å². The first-order valence-electron chi connectivity index (χ1n) is 10.4. The van der Waals surface area contributed by atoms with E-state index in [4.69, 9.17) is 4.74 Å². The number of aromatic nitrogens is 2. The van der Waals surface area contributed by atoms with Crippen LogP contribution in [-0.4, -0.2) is 84.8 Å². The number of nitrogens with one attached hydrogen (secondary N) is 1. The summed E-state index contributed by atoms with van der Waals surface area (Å²) in [6.45, 7) is 11.1. The van der Waals surface area contributed by atoms with E-state index in [0.29, 0.717) is 0 Å². The molecule has 2 fully saturated rings. The van der Waals surface area contributed by atoms with Gasteiger partial charge in [0.25, 0.3) is 0 Å². The van der Waals surface area contributed by atoms with Gasteiger partial charge in [0, 0.05) is 59.5 Å². The van der Waals surface area contributed by atoms with Gasteiger partial charge in [-0.25, -0.2) is 4.98 Å². The first kappa shape index (κ1) is 22.3. The van der Waals surface area contributed by atoms with E-state index in [2.05, 4.69) is 54.8 Å². The lowest BCUT2D eigenvalue weighted by Gasteiger charge is -2.37. The van der Waals surface area contributed by atoms with Crippen molar-refractivity contribution < 1.29 is 4.74 Å². The molecule has 160 valence electrons. The molecule has 1 aromatic carbocycles.